The van der Waals surface area contributed by atoms with E-state index in [2.05, 4.69) is 16.4 Å². The molecule has 1 N–H and O–H groups in total. The molecule has 5 nitrogen and oxygen atoms in total. The summed E-state index contributed by atoms with van der Waals surface area (Å²) in [6, 6.07) is 16.9. The largest absolute Gasteiger partial charge is 0.392 e. The molecule has 0 bridgehead atoms. The molecule has 0 aliphatic carbocycles. The molecule has 1 atom stereocenters. The Morgan fingerprint density at radius 3 is 2.44 bits per heavy atom. The lowest BCUT2D eigenvalue weighted by Crippen LogP contribution is -2.49. The minimum absolute atomic E-state index is 0.210. The van der Waals surface area contributed by atoms with E-state index in [1.807, 2.05) is 55.5 Å². The zero-order valence-electron chi connectivity index (χ0n) is 19.8. The first-order valence-electron chi connectivity index (χ1n) is 12.0. The van der Waals surface area contributed by atoms with Crippen LogP contribution >= 0.6 is 0 Å². The monoisotopic (exact) mass is 460 g/mol. The fraction of sp³-hybridized carbons (Fsp3) is 0.357. The van der Waals surface area contributed by atoms with Crippen LogP contribution in [-0.4, -0.2) is 58.8 Å². The first-order chi connectivity index (χ1) is 16.5. The van der Waals surface area contributed by atoms with E-state index < -0.39 is 0 Å². The van der Waals surface area contributed by atoms with E-state index in [1.54, 1.807) is 6.07 Å². The van der Waals surface area contributed by atoms with Gasteiger partial charge in [-0.15, -0.1) is 6.58 Å². The molecule has 0 unspecified atom stereocenters. The van der Waals surface area contributed by atoms with Gasteiger partial charge in [-0.05, 0) is 31.4 Å². The van der Waals surface area contributed by atoms with Crippen LogP contribution in [0.3, 0.4) is 0 Å². The van der Waals surface area contributed by atoms with Gasteiger partial charge in [0.2, 0.25) is 0 Å². The molecule has 34 heavy (non-hydrogen) atoms. The second kappa shape index (κ2) is 11.4. The second-order valence-corrected chi connectivity index (χ2v) is 8.88. The minimum Gasteiger partial charge on any atom is -0.392 e. The number of benzene rings is 2. The molecule has 4 rings (SSSR count). The molecule has 3 aromatic rings. The van der Waals surface area contributed by atoms with Crippen LogP contribution in [0.2, 0.25) is 0 Å². The maximum absolute atomic E-state index is 14.5. The summed E-state index contributed by atoms with van der Waals surface area (Å²) in [5.41, 5.74) is 3.44. The predicted molar refractivity (Wildman–Crippen MR) is 136 cm³/mol. The molecule has 0 radical (unpaired) electrons. The Bertz CT molecular complexity index is 1100. The molecule has 1 aromatic heterocycles. The lowest BCUT2D eigenvalue weighted by atomic mass is 10.0. The zero-order valence-corrected chi connectivity index (χ0v) is 19.8. The van der Waals surface area contributed by atoms with Crippen molar-refractivity contribution in [1.82, 2.24) is 14.9 Å². The van der Waals surface area contributed by atoms with Crippen molar-refractivity contribution in [2.45, 2.75) is 32.3 Å². The number of piperazine rings is 1. The first kappa shape index (κ1) is 24.0. The highest BCUT2D eigenvalue weighted by molar-refractivity contribution is 5.61. The van der Waals surface area contributed by atoms with Gasteiger partial charge in [-0.25, -0.2) is 14.4 Å². The van der Waals surface area contributed by atoms with Crippen LogP contribution < -0.4 is 4.90 Å². The van der Waals surface area contributed by atoms with Crippen LogP contribution in [-0.2, 0) is 6.42 Å². The van der Waals surface area contributed by atoms with Gasteiger partial charge in [0.1, 0.15) is 11.6 Å². The highest BCUT2D eigenvalue weighted by Crippen LogP contribution is 2.29. The number of allylic oxidation sites excluding steroid dienone is 1. The Kier molecular flexibility index (Phi) is 8.03. The maximum atomic E-state index is 14.5. The van der Waals surface area contributed by atoms with E-state index in [9.17, 15) is 9.50 Å². The van der Waals surface area contributed by atoms with Crippen molar-refractivity contribution in [3.05, 3.63) is 89.9 Å². The summed E-state index contributed by atoms with van der Waals surface area (Å²) in [7, 11) is 0. The maximum Gasteiger partial charge on any atom is 0.161 e. The third-order valence-electron chi connectivity index (χ3n) is 6.39. The minimum atomic E-state index is -0.341. The van der Waals surface area contributed by atoms with Gasteiger partial charge in [0.05, 0.1) is 6.10 Å². The van der Waals surface area contributed by atoms with E-state index in [0.717, 1.165) is 61.7 Å². The molecule has 6 heteroatoms. The fourth-order valence-corrected chi connectivity index (χ4v) is 4.44. The Labute approximate surface area is 201 Å². The number of nitrogens with zero attached hydrogens (tertiary/aromatic N) is 4. The zero-order chi connectivity index (χ0) is 23.9. The number of halogens is 1. The number of aliphatic hydroxyl groups excluding tert-OH is 1. The van der Waals surface area contributed by atoms with Crippen LogP contribution in [0.1, 0.15) is 29.7 Å². The molecule has 1 saturated heterocycles. The lowest BCUT2D eigenvalue weighted by molar-refractivity contribution is 0.103. The molecule has 2 aromatic carbocycles. The lowest BCUT2D eigenvalue weighted by Gasteiger charge is -2.37. The number of hydrogen-bond acceptors (Lipinski definition) is 5. The molecule has 1 fully saturated rings. The van der Waals surface area contributed by atoms with Crippen molar-refractivity contribution in [3.63, 3.8) is 0 Å². The van der Waals surface area contributed by atoms with Crippen LogP contribution in [0.5, 0.6) is 0 Å². The molecule has 1 aliphatic heterocycles. The third-order valence-corrected chi connectivity index (χ3v) is 6.39. The highest BCUT2D eigenvalue weighted by Gasteiger charge is 2.24. The quantitative estimate of drug-likeness (QED) is 0.472. The van der Waals surface area contributed by atoms with Crippen molar-refractivity contribution in [1.29, 1.82) is 0 Å². The van der Waals surface area contributed by atoms with E-state index in [4.69, 9.17) is 9.97 Å². The molecular weight excluding hydrogens is 427 g/mol. The average Bonchev–Trinajstić information content (AvgIpc) is 2.86. The molecule has 0 spiro atoms. The molecule has 0 saturated carbocycles. The number of aromatic nitrogens is 2. The van der Waals surface area contributed by atoms with E-state index >= 15 is 0 Å². The topological polar surface area (TPSA) is 52.5 Å². The van der Waals surface area contributed by atoms with E-state index in [-0.39, 0.29) is 11.9 Å². The SMILES string of the molecule is C=CCC[C@H](O)CN1CCN(c2nc(-c3ccccc3)nc(C)c2Cc2ccccc2F)CC1. The van der Waals surface area contributed by atoms with Gasteiger partial charge in [0.15, 0.2) is 5.82 Å². The van der Waals surface area contributed by atoms with Crippen molar-refractivity contribution >= 4 is 5.82 Å². The summed E-state index contributed by atoms with van der Waals surface area (Å²) < 4.78 is 14.5. The van der Waals surface area contributed by atoms with Crippen molar-refractivity contribution < 1.29 is 9.50 Å². The summed E-state index contributed by atoms with van der Waals surface area (Å²) >= 11 is 0. The smallest absolute Gasteiger partial charge is 0.161 e. The van der Waals surface area contributed by atoms with Crippen LogP contribution in [0.15, 0.2) is 67.3 Å². The van der Waals surface area contributed by atoms with Crippen molar-refractivity contribution in [3.8, 4) is 11.4 Å². The first-order valence-corrected chi connectivity index (χ1v) is 12.0. The Morgan fingerprint density at radius 1 is 1.03 bits per heavy atom. The summed E-state index contributed by atoms with van der Waals surface area (Å²) in [4.78, 5) is 14.4. The Balaban J connectivity index is 1.60. The van der Waals surface area contributed by atoms with Crippen LogP contribution in [0.25, 0.3) is 11.4 Å². The van der Waals surface area contributed by atoms with Gasteiger partial charge < -0.3 is 10.0 Å². The second-order valence-electron chi connectivity index (χ2n) is 8.88. The number of β-amino-alcohol motifs (C(OH)–C–C–N with tert-alkyl or cyclic N) is 1. The average molecular weight is 461 g/mol. The molecule has 2 heterocycles. The van der Waals surface area contributed by atoms with Crippen molar-refractivity contribution in [2.24, 2.45) is 0 Å². The molecule has 178 valence electrons. The molecule has 1 aliphatic rings. The van der Waals surface area contributed by atoms with Gasteiger partial charge in [-0.2, -0.15) is 0 Å². The van der Waals surface area contributed by atoms with Gasteiger partial charge in [0.25, 0.3) is 0 Å². The number of aliphatic hydroxyl groups is 1. The van der Waals surface area contributed by atoms with Crippen LogP contribution in [0.4, 0.5) is 10.2 Å². The predicted octanol–water partition coefficient (Wildman–Crippen LogP) is 4.63. The fourth-order valence-electron chi connectivity index (χ4n) is 4.44. The van der Waals surface area contributed by atoms with Crippen molar-refractivity contribution in [2.75, 3.05) is 37.6 Å². The number of anilines is 1. The highest BCUT2D eigenvalue weighted by atomic mass is 19.1. The summed E-state index contributed by atoms with van der Waals surface area (Å²) in [6.45, 7) is 9.66. The summed E-state index contributed by atoms with van der Waals surface area (Å²) in [6.07, 6.45) is 3.52. The number of aryl methyl sites for hydroxylation is 1. The standard InChI is InChI=1S/C28H33FN4O/c1-3-4-13-24(34)20-32-15-17-33(18-16-32)28-25(19-23-12-8-9-14-26(23)29)21(2)30-27(31-28)22-10-6-5-7-11-22/h3,5-12,14,24,34H,1,4,13,15-20H2,2H3/t24-/m0/s1. The molecular formula is C28H33FN4O. The number of rotatable bonds is 9. The Morgan fingerprint density at radius 2 is 1.74 bits per heavy atom. The van der Waals surface area contributed by atoms with Gasteiger partial charge in [0, 0.05) is 56.0 Å². The van der Waals surface area contributed by atoms with Gasteiger partial charge in [-0.1, -0.05) is 54.6 Å². The number of hydrogen-bond donors (Lipinski definition) is 1. The third kappa shape index (κ3) is 5.88. The summed E-state index contributed by atoms with van der Waals surface area (Å²) in [5, 5.41) is 10.3. The van der Waals surface area contributed by atoms with Gasteiger partial charge in [-0.3, -0.25) is 4.90 Å². The summed E-state index contributed by atoms with van der Waals surface area (Å²) in [5.74, 6) is 1.35. The van der Waals surface area contributed by atoms with E-state index in [1.165, 1.54) is 6.07 Å². The normalized spacial score (nSPS) is 15.3. The van der Waals surface area contributed by atoms with E-state index in [0.29, 0.717) is 24.4 Å². The van der Waals surface area contributed by atoms with Gasteiger partial charge >= 0.3 is 0 Å². The Hall–Kier alpha value is -3.09. The van der Waals surface area contributed by atoms with Crippen LogP contribution in [0, 0.1) is 12.7 Å². The molecule has 0 amide bonds.